The topological polar surface area (TPSA) is 62.3 Å². The summed E-state index contributed by atoms with van der Waals surface area (Å²) < 4.78 is 26.7. The molecule has 1 aromatic carbocycles. The number of aryl methyl sites for hydroxylation is 1. The summed E-state index contributed by atoms with van der Waals surface area (Å²) in [6.45, 7) is 2.02. The lowest BCUT2D eigenvalue weighted by Gasteiger charge is -2.17. The third-order valence-electron chi connectivity index (χ3n) is 3.93. The van der Waals surface area contributed by atoms with Crippen LogP contribution in [-0.2, 0) is 9.59 Å². The molecule has 2 aromatic rings. The molecule has 24 heavy (non-hydrogen) atoms. The first-order chi connectivity index (χ1) is 11.5. The molecule has 0 aliphatic carbocycles. The van der Waals surface area contributed by atoms with Crippen molar-refractivity contribution in [3.63, 3.8) is 0 Å². The van der Waals surface area contributed by atoms with Crippen molar-refractivity contribution in [3.8, 4) is 0 Å². The third kappa shape index (κ3) is 3.10. The number of rotatable bonds is 3. The van der Waals surface area contributed by atoms with Crippen LogP contribution in [0.2, 0.25) is 0 Å². The van der Waals surface area contributed by atoms with Gasteiger partial charge in [-0.1, -0.05) is 6.07 Å². The van der Waals surface area contributed by atoms with Gasteiger partial charge in [0.25, 0.3) is 0 Å². The molecule has 1 aromatic heterocycles. The zero-order valence-corrected chi connectivity index (χ0v) is 12.9. The maximum absolute atomic E-state index is 13.3. The van der Waals surface area contributed by atoms with Crippen molar-refractivity contribution >= 4 is 23.3 Å². The summed E-state index contributed by atoms with van der Waals surface area (Å²) in [6, 6.07) is 6.42. The molecular weight excluding hydrogens is 316 g/mol. The van der Waals surface area contributed by atoms with Gasteiger partial charge in [-0.3, -0.25) is 9.59 Å². The molecule has 2 heterocycles. The van der Waals surface area contributed by atoms with Crippen molar-refractivity contribution in [1.82, 2.24) is 4.98 Å². The highest BCUT2D eigenvalue weighted by Gasteiger charge is 2.38. The minimum absolute atomic E-state index is 0.113. The number of benzene rings is 1. The van der Waals surface area contributed by atoms with Gasteiger partial charge in [-0.15, -0.1) is 0 Å². The molecule has 0 saturated carbocycles. The Morgan fingerprint density at radius 2 is 2.00 bits per heavy atom. The van der Waals surface area contributed by atoms with Crippen LogP contribution in [0.15, 0.2) is 36.5 Å². The molecule has 1 atom stereocenters. The molecule has 0 unspecified atom stereocenters. The van der Waals surface area contributed by atoms with Crippen LogP contribution in [0.25, 0.3) is 0 Å². The number of carbonyl (C=O) groups excluding carboxylic acids is 2. The number of anilines is 2. The van der Waals surface area contributed by atoms with Gasteiger partial charge in [-0.25, -0.2) is 13.8 Å². The predicted octanol–water partition coefficient (Wildman–Crippen LogP) is 2.66. The highest BCUT2D eigenvalue weighted by molar-refractivity contribution is 6.13. The average Bonchev–Trinajstić information content (AvgIpc) is 2.90. The first-order valence-electron chi connectivity index (χ1n) is 7.45. The third-order valence-corrected chi connectivity index (χ3v) is 3.93. The molecule has 7 heteroatoms. The Bertz CT molecular complexity index is 790. The van der Waals surface area contributed by atoms with Crippen LogP contribution in [0.3, 0.4) is 0 Å². The summed E-state index contributed by atoms with van der Waals surface area (Å²) in [5.74, 6) is -3.00. The lowest BCUT2D eigenvalue weighted by molar-refractivity contribution is -0.129. The van der Waals surface area contributed by atoms with Gasteiger partial charge in [0, 0.05) is 24.5 Å². The van der Waals surface area contributed by atoms with Crippen LogP contribution in [0, 0.1) is 24.5 Å². The molecule has 124 valence electrons. The molecule has 2 amide bonds. The smallest absolute Gasteiger partial charge is 0.239 e. The van der Waals surface area contributed by atoms with E-state index >= 15 is 0 Å². The van der Waals surface area contributed by atoms with E-state index in [4.69, 9.17) is 0 Å². The van der Waals surface area contributed by atoms with E-state index in [0.29, 0.717) is 5.82 Å². The standard InChI is InChI=1S/C17H15F2N3O2/c1-10-3-2-5-20-15(10)21-16(23)14-4-6-22(17(14)24)13-8-11(18)7-12(19)9-13/h2-3,5,7-9,14H,4,6H2,1H3,(H,20,21,23)/t14-/m1/s1. The van der Waals surface area contributed by atoms with E-state index in [1.807, 2.05) is 0 Å². The molecule has 5 nitrogen and oxygen atoms in total. The highest BCUT2D eigenvalue weighted by Crippen LogP contribution is 2.27. The normalized spacial score (nSPS) is 17.2. The number of amides is 2. The van der Waals surface area contributed by atoms with E-state index in [-0.39, 0.29) is 18.7 Å². The average molecular weight is 331 g/mol. The summed E-state index contributed by atoms with van der Waals surface area (Å²) in [5, 5.41) is 2.63. The number of carbonyl (C=O) groups is 2. The molecule has 1 aliphatic rings. The monoisotopic (exact) mass is 331 g/mol. The van der Waals surface area contributed by atoms with Gasteiger partial charge in [0.15, 0.2) is 0 Å². The Hall–Kier alpha value is -2.83. The van der Waals surface area contributed by atoms with E-state index in [2.05, 4.69) is 10.3 Å². The lowest BCUT2D eigenvalue weighted by Crippen LogP contribution is -2.33. The van der Waals surface area contributed by atoms with Crippen LogP contribution in [0.5, 0.6) is 0 Å². The number of pyridine rings is 1. The van der Waals surface area contributed by atoms with E-state index in [1.54, 1.807) is 25.3 Å². The SMILES string of the molecule is Cc1cccnc1NC(=O)[C@H]1CCN(c2cc(F)cc(F)c2)C1=O. The minimum Gasteiger partial charge on any atom is -0.311 e. The van der Waals surface area contributed by atoms with Crippen molar-refractivity contribution in [2.75, 3.05) is 16.8 Å². The Labute approximate surface area is 137 Å². The Balaban J connectivity index is 1.76. The molecular formula is C17H15F2N3O2. The lowest BCUT2D eigenvalue weighted by atomic mass is 10.1. The summed E-state index contributed by atoms with van der Waals surface area (Å²) >= 11 is 0. The van der Waals surface area contributed by atoms with Gasteiger partial charge < -0.3 is 10.2 Å². The van der Waals surface area contributed by atoms with Crippen LogP contribution in [0.1, 0.15) is 12.0 Å². The van der Waals surface area contributed by atoms with Gasteiger partial charge >= 0.3 is 0 Å². The maximum Gasteiger partial charge on any atom is 0.239 e. The Morgan fingerprint density at radius 1 is 1.29 bits per heavy atom. The number of hydrogen-bond donors (Lipinski definition) is 1. The second kappa shape index (κ2) is 6.35. The number of aromatic nitrogens is 1. The molecule has 0 radical (unpaired) electrons. The van der Waals surface area contributed by atoms with Gasteiger partial charge in [-0.05, 0) is 37.1 Å². The summed E-state index contributed by atoms with van der Waals surface area (Å²) in [7, 11) is 0. The molecule has 3 rings (SSSR count). The summed E-state index contributed by atoms with van der Waals surface area (Å²) in [6.07, 6.45) is 1.82. The second-order valence-corrected chi connectivity index (χ2v) is 5.62. The minimum atomic E-state index is -0.905. The fraction of sp³-hybridized carbons (Fsp3) is 0.235. The van der Waals surface area contributed by atoms with Crippen molar-refractivity contribution in [2.45, 2.75) is 13.3 Å². The largest absolute Gasteiger partial charge is 0.311 e. The van der Waals surface area contributed by atoms with Crippen molar-refractivity contribution in [1.29, 1.82) is 0 Å². The maximum atomic E-state index is 13.3. The van der Waals surface area contributed by atoms with Crippen LogP contribution < -0.4 is 10.2 Å². The van der Waals surface area contributed by atoms with E-state index in [9.17, 15) is 18.4 Å². The molecule has 1 N–H and O–H groups in total. The molecule has 1 fully saturated rings. The van der Waals surface area contributed by atoms with Gasteiger partial charge in [0.05, 0.1) is 0 Å². The van der Waals surface area contributed by atoms with Crippen LogP contribution in [-0.4, -0.2) is 23.3 Å². The summed E-state index contributed by atoms with van der Waals surface area (Å²) in [4.78, 5) is 30.1. The summed E-state index contributed by atoms with van der Waals surface area (Å²) in [5.41, 5.74) is 0.891. The number of hydrogen-bond acceptors (Lipinski definition) is 3. The van der Waals surface area contributed by atoms with Crippen molar-refractivity contribution in [3.05, 3.63) is 53.7 Å². The molecule has 0 bridgehead atoms. The van der Waals surface area contributed by atoms with E-state index in [1.165, 1.54) is 4.90 Å². The second-order valence-electron chi connectivity index (χ2n) is 5.62. The fourth-order valence-electron chi connectivity index (χ4n) is 2.70. The fourth-order valence-corrected chi connectivity index (χ4v) is 2.70. The number of nitrogens with one attached hydrogen (secondary N) is 1. The van der Waals surface area contributed by atoms with Crippen molar-refractivity contribution < 1.29 is 18.4 Å². The van der Waals surface area contributed by atoms with E-state index < -0.39 is 29.4 Å². The Kier molecular flexibility index (Phi) is 4.24. The van der Waals surface area contributed by atoms with Crippen molar-refractivity contribution in [2.24, 2.45) is 5.92 Å². The molecule has 1 saturated heterocycles. The predicted molar refractivity (Wildman–Crippen MR) is 84.4 cm³/mol. The Morgan fingerprint density at radius 3 is 2.67 bits per heavy atom. The molecule has 1 aliphatic heterocycles. The zero-order valence-electron chi connectivity index (χ0n) is 12.9. The van der Waals surface area contributed by atoms with Gasteiger partial charge in [-0.2, -0.15) is 0 Å². The van der Waals surface area contributed by atoms with Crippen LogP contribution >= 0.6 is 0 Å². The first-order valence-corrected chi connectivity index (χ1v) is 7.45. The van der Waals surface area contributed by atoms with Crippen LogP contribution in [0.4, 0.5) is 20.3 Å². The van der Waals surface area contributed by atoms with Gasteiger partial charge in [0.1, 0.15) is 23.4 Å². The quantitative estimate of drug-likeness (QED) is 0.880. The number of nitrogens with zero attached hydrogens (tertiary/aromatic N) is 2. The number of halogens is 2. The molecule has 0 spiro atoms. The highest BCUT2D eigenvalue weighted by atomic mass is 19.1. The van der Waals surface area contributed by atoms with Gasteiger partial charge in [0.2, 0.25) is 11.8 Å². The van der Waals surface area contributed by atoms with E-state index in [0.717, 1.165) is 23.8 Å². The zero-order chi connectivity index (χ0) is 17.3. The first kappa shape index (κ1) is 16.0.